The SMILES string of the molecule is [2H]C([2H])([2H])c1ccc(-c2[c-]ccc(-c3ccccc3C([2H])([2H])[2H])c2)nc1.[2H]C([2H])(c1ccc(-c2ccnc(-c3[c-]ccc4c3oc3c5ccccc5ccc43)c2)cc1)C(C)(C)C.[Ir]. The summed E-state index contributed by atoms with van der Waals surface area (Å²) in [6.45, 7) is 1.36. The molecule has 3 aromatic heterocycles. The molecule has 3 heterocycles. The topological polar surface area (TPSA) is 38.9 Å². The van der Waals surface area contributed by atoms with E-state index in [0.717, 1.165) is 60.7 Å². The molecule has 3 nitrogen and oxygen atoms in total. The molecule has 0 atom stereocenters. The maximum Gasteiger partial charge on any atom is 0.128 e. The predicted octanol–water partition coefficient (Wildman–Crippen LogP) is 13.7. The predicted molar refractivity (Wildman–Crippen MR) is 225 cm³/mol. The van der Waals surface area contributed by atoms with Crippen molar-refractivity contribution in [3.05, 3.63) is 181 Å². The normalized spacial score (nSPS) is 14.2. The largest absolute Gasteiger partial charge is 0.500 e. The average Bonchev–Trinajstić information content (AvgIpc) is 3.66. The molecule has 0 saturated carbocycles. The first kappa shape index (κ1) is 28.7. The molecular weight excluding hydrogens is 849 g/mol. The monoisotopic (exact) mass is 899 g/mol. The number of furan rings is 1. The van der Waals surface area contributed by atoms with Gasteiger partial charge < -0.3 is 14.4 Å². The van der Waals surface area contributed by atoms with Crippen molar-refractivity contribution in [3.8, 4) is 44.8 Å². The van der Waals surface area contributed by atoms with Gasteiger partial charge in [0.15, 0.2) is 0 Å². The van der Waals surface area contributed by atoms with Gasteiger partial charge in [0, 0.05) is 54.2 Å². The molecule has 1 radical (unpaired) electrons. The van der Waals surface area contributed by atoms with Gasteiger partial charge in [-0.2, -0.15) is 0 Å². The fourth-order valence-corrected chi connectivity index (χ4v) is 6.66. The molecule has 6 aromatic carbocycles. The third kappa shape index (κ3) is 8.22. The summed E-state index contributed by atoms with van der Waals surface area (Å²) < 4.78 is 69.0. The summed E-state index contributed by atoms with van der Waals surface area (Å²) in [6, 6.07) is 50.0. The van der Waals surface area contributed by atoms with Crippen LogP contribution in [0.5, 0.6) is 0 Å². The van der Waals surface area contributed by atoms with E-state index in [0.29, 0.717) is 22.4 Å². The van der Waals surface area contributed by atoms with Gasteiger partial charge in [0.2, 0.25) is 0 Å². The van der Waals surface area contributed by atoms with Gasteiger partial charge in [-0.1, -0.05) is 135 Å². The Labute approximate surface area is 348 Å². The minimum Gasteiger partial charge on any atom is -0.500 e. The summed E-state index contributed by atoms with van der Waals surface area (Å²) in [4.78, 5) is 8.87. The van der Waals surface area contributed by atoms with Crippen LogP contribution in [0, 0.1) is 31.3 Å². The van der Waals surface area contributed by atoms with Gasteiger partial charge in [-0.15, -0.1) is 53.6 Å². The van der Waals surface area contributed by atoms with Gasteiger partial charge in [0.1, 0.15) is 5.58 Å². The van der Waals surface area contributed by atoms with Crippen LogP contribution in [-0.4, -0.2) is 9.97 Å². The summed E-state index contributed by atoms with van der Waals surface area (Å²) in [5.41, 5.74) is 8.54. The summed E-state index contributed by atoms with van der Waals surface area (Å²) in [5, 5.41) is 4.37. The Morgan fingerprint density at radius 1 is 0.655 bits per heavy atom. The van der Waals surface area contributed by atoms with Crippen LogP contribution in [0.25, 0.3) is 77.5 Å². The molecule has 0 fully saturated rings. The first-order valence-corrected chi connectivity index (χ1v) is 17.8. The third-order valence-electron chi connectivity index (χ3n) is 9.16. The van der Waals surface area contributed by atoms with Crippen LogP contribution >= 0.6 is 0 Å². The Balaban J connectivity index is 0.000000196. The van der Waals surface area contributed by atoms with Crippen LogP contribution in [0.15, 0.2) is 156 Å². The quantitative estimate of drug-likeness (QED) is 0.162. The summed E-state index contributed by atoms with van der Waals surface area (Å²) >= 11 is 0. The summed E-state index contributed by atoms with van der Waals surface area (Å²) in [5.74, 6) is 0. The molecular formula is C51H42IrN2O-2. The van der Waals surface area contributed by atoms with Crippen molar-refractivity contribution in [1.29, 1.82) is 0 Å². The Bertz CT molecular complexity index is 3060. The number of aryl methyl sites for hydroxylation is 2. The van der Waals surface area contributed by atoms with Crippen molar-refractivity contribution < 1.29 is 35.5 Å². The smallest absolute Gasteiger partial charge is 0.128 e. The molecule has 0 spiro atoms. The van der Waals surface area contributed by atoms with Gasteiger partial charge in [-0.3, -0.25) is 0 Å². The second-order valence-corrected chi connectivity index (χ2v) is 14.2. The van der Waals surface area contributed by atoms with Gasteiger partial charge in [0.25, 0.3) is 0 Å². The zero-order valence-corrected chi connectivity index (χ0v) is 33.0. The van der Waals surface area contributed by atoms with Crippen LogP contribution < -0.4 is 0 Å². The molecule has 4 heteroatoms. The minimum absolute atomic E-state index is 0. The number of fused-ring (bicyclic) bond motifs is 5. The standard InChI is InChI=1S/C32H26NO.C19H16N.Ir/c1-32(2,3)20-21-11-13-22(14-12-21)24-17-18-33-29(19-24)28-10-6-9-26-27-16-15-23-7-4-5-8-25(23)30(27)34-31(26)28;1-14-10-11-19(20-13-14)17-8-5-7-16(12-17)18-9-4-3-6-15(18)2;/h4-9,11-19H,20H2,1-3H3;3-7,9-13H,1-2H3;/q2*-1;/i20D2;1D3,2D3;. The molecule has 273 valence electrons. The Hall–Kier alpha value is -5.67. The number of hydrogen-bond acceptors (Lipinski definition) is 3. The fraction of sp³-hybridized carbons (Fsp3) is 0.137. The molecule has 0 aliphatic carbocycles. The molecule has 55 heavy (non-hydrogen) atoms. The van der Waals surface area contributed by atoms with Crippen molar-refractivity contribution in [1.82, 2.24) is 9.97 Å². The molecule has 0 unspecified atom stereocenters. The fourth-order valence-electron chi connectivity index (χ4n) is 6.66. The van der Waals surface area contributed by atoms with E-state index in [9.17, 15) is 0 Å². The Morgan fingerprint density at radius 2 is 1.45 bits per heavy atom. The zero-order chi connectivity index (χ0) is 44.0. The van der Waals surface area contributed by atoms with E-state index in [1.807, 2.05) is 87.5 Å². The van der Waals surface area contributed by atoms with Crippen molar-refractivity contribution in [3.63, 3.8) is 0 Å². The molecule has 0 N–H and O–H groups in total. The number of hydrogen-bond donors (Lipinski definition) is 0. The molecule has 0 aliphatic rings. The van der Waals surface area contributed by atoms with E-state index in [-0.39, 0.29) is 31.2 Å². The van der Waals surface area contributed by atoms with Crippen molar-refractivity contribution in [2.75, 3.05) is 0 Å². The molecule has 0 saturated heterocycles. The maximum atomic E-state index is 8.56. The van der Waals surface area contributed by atoms with Gasteiger partial charge in [-0.25, -0.2) is 0 Å². The Kier molecular flexibility index (Phi) is 8.34. The van der Waals surface area contributed by atoms with Gasteiger partial charge >= 0.3 is 0 Å². The van der Waals surface area contributed by atoms with Crippen molar-refractivity contribution in [2.45, 2.75) is 40.8 Å². The first-order chi connectivity index (χ1) is 29.4. The molecule has 9 rings (SSSR count). The third-order valence-corrected chi connectivity index (χ3v) is 9.16. The van der Waals surface area contributed by atoms with Crippen LogP contribution in [0.1, 0.15) is 48.4 Å². The van der Waals surface area contributed by atoms with Gasteiger partial charge in [0.05, 0.1) is 5.58 Å². The van der Waals surface area contributed by atoms with Crippen LogP contribution in [-0.2, 0) is 26.5 Å². The number of benzene rings is 6. The van der Waals surface area contributed by atoms with Crippen LogP contribution in [0.2, 0.25) is 0 Å². The van der Waals surface area contributed by atoms with Crippen LogP contribution in [0.3, 0.4) is 0 Å². The number of pyridine rings is 2. The van der Waals surface area contributed by atoms with E-state index >= 15 is 0 Å². The number of rotatable bonds is 5. The second-order valence-electron chi connectivity index (χ2n) is 14.2. The number of aromatic nitrogens is 2. The summed E-state index contributed by atoms with van der Waals surface area (Å²) in [7, 11) is 0. The van der Waals surface area contributed by atoms with E-state index in [2.05, 4.69) is 46.4 Å². The molecule has 9 aromatic rings. The zero-order valence-electron chi connectivity index (χ0n) is 38.6. The van der Waals surface area contributed by atoms with Crippen molar-refractivity contribution in [2.24, 2.45) is 5.41 Å². The van der Waals surface area contributed by atoms with E-state index in [1.165, 1.54) is 12.3 Å². The molecule has 0 bridgehead atoms. The van der Waals surface area contributed by atoms with Crippen LogP contribution in [0.4, 0.5) is 0 Å². The minimum atomic E-state index is -2.21. The maximum absolute atomic E-state index is 8.56. The molecule has 0 aliphatic heterocycles. The van der Waals surface area contributed by atoms with Crippen molar-refractivity contribution >= 4 is 32.7 Å². The van der Waals surface area contributed by atoms with E-state index in [1.54, 1.807) is 48.7 Å². The second kappa shape index (κ2) is 16.0. The van der Waals surface area contributed by atoms with E-state index < -0.39 is 25.5 Å². The number of nitrogens with zero attached hydrogens (tertiary/aromatic N) is 2. The Morgan fingerprint density at radius 3 is 2.25 bits per heavy atom. The average molecular weight is 899 g/mol. The van der Waals surface area contributed by atoms with E-state index in [4.69, 9.17) is 15.4 Å². The van der Waals surface area contributed by atoms with Gasteiger partial charge in [-0.05, 0) is 81.7 Å². The first-order valence-electron chi connectivity index (χ1n) is 21.8. The summed E-state index contributed by atoms with van der Waals surface area (Å²) in [6.07, 6.45) is 1.71. The molecule has 0 amide bonds.